The van der Waals surface area contributed by atoms with Gasteiger partial charge in [0.1, 0.15) is 0 Å². The van der Waals surface area contributed by atoms with Crippen molar-refractivity contribution in [3.63, 3.8) is 0 Å². The highest BCUT2D eigenvalue weighted by atomic mass is 16.4. The average Bonchev–Trinajstić information content (AvgIpc) is 2.50. The second-order valence-corrected chi connectivity index (χ2v) is 5.77. The van der Waals surface area contributed by atoms with Crippen molar-refractivity contribution in [2.24, 2.45) is 5.92 Å². The predicted molar refractivity (Wildman–Crippen MR) is 88.6 cm³/mol. The van der Waals surface area contributed by atoms with Crippen LogP contribution in [-0.2, 0) is 9.59 Å². The molecule has 0 aliphatic carbocycles. The minimum atomic E-state index is -0.889. The van der Waals surface area contributed by atoms with Crippen LogP contribution in [0.15, 0.2) is 30.3 Å². The van der Waals surface area contributed by atoms with Gasteiger partial charge in [0, 0.05) is 19.2 Å². The molecule has 0 aromatic heterocycles. The molecule has 1 unspecified atom stereocenters. The zero-order valence-electron chi connectivity index (χ0n) is 13.7. The zero-order valence-corrected chi connectivity index (χ0v) is 13.7. The number of hydrogen-bond acceptors (Lipinski definition) is 2. The third-order valence-electron chi connectivity index (χ3n) is 3.63. The molecule has 0 aliphatic heterocycles. The van der Waals surface area contributed by atoms with Gasteiger partial charge in [-0.1, -0.05) is 45.0 Å². The molecule has 22 heavy (non-hydrogen) atoms. The number of amides is 1. The largest absolute Gasteiger partial charge is 0.481 e. The first-order chi connectivity index (χ1) is 10.3. The Morgan fingerprint density at radius 1 is 1.18 bits per heavy atom. The van der Waals surface area contributed by atoms with Crippen molar-refractivity contribution in [2.45, 2.75) is 33.6 Å². The standard InChI is InChI=1S/C18H25NO3/c1-5-19(12-14(4)18(21)22)17(20)11-8-15-6-9-16(10-7-15)13(2)3/h6-11,13-14H,5,12H2,1-4H3,(H,21,22)/b11-8+. The van der Waals surface area contributed by atoms with E-state index in [4.69, 9.17) is 5.11 Å². The molecule has 0 fully saturated rings. The van der Waals surface area contributed by atoms with Crippen LogP contribution in [0.4, 0.5) is 0 Å². The van der Waals surface area contributed by atoms with Gasteiger partial charge >= 0.3 is 5.97 Å². The lowest BCUT2D eigenvalue weighted by atomic mass is 10.0. The van der Waals surface area contributed by atoms with E-state index in [2.05, 4.69) is 26.0 Å². The Morgan fingerprint density at radius 3 is 2.23 bits per heavy atom. The van der Waals surface area contributed by atoms with Gasteiger partial charge in [-0.3, -0.25) is 9.59 Å². The average molecular weight is 303 g/mol. The van der Waals surface area contributed by atoms with Gasteiger partial charge in [0.15, 0.2) is 0 Å². The van der Waals surface area contributed by atoms with Crippen molar-refractivity contribution in [3.8, 4) is 0 Å². The van der Waals surface area contributed by atoms with E-state index in [-0.39, 0.29) is 12.5 Å². The molecule has 1 rings (SSSR count). The van der Waals surface area contributed by atoms with E-state index < -0.39 is 11.9 Å². The Bertz CT molecular complexity index is 532. The summed E-state index contributed by atoms with van der Waals surface area (Å²) in [5.74, 6) is -1.14. The maximum atomic E-state index is 12.1. The Kier molecular flexibility index (Phi) is 6.83. The molecule has 1 atom stereocenters. The molecule has 1 N–H and O–H groups in total. The zero-order chi connectivity index (χ0) is 16.7. The highest BCUT2D eigenvalue weighted by molar-refractivity contribution is 5.92. The first-order valence-electron chi connectivity index (χ1n) is 7.64. The van der Waals surface area contributed by atoms with Gasteiger partial charge in [-0.15, -0.1) is 0 Å². The van der Waals surface area contributed by atoms with Gasteiger partial charge < -0.3 is 10.0 Å². The molecule has 1 amide bonds. The highest BCUT2D eigenvalue weighted by Gasteiger charge is 2.17. The Hall–Kier alpha value is -2.10. The number of rotatable bonds is 7. The summed E-state index contributed by atoms with van der Waals surface area (Å²) < 4.78 is 0. The molecule has 120 valence electrons. The first kappa shape index (κ1) is 18.0. The summed E-state index contributed by atoms with van der Waals surface area (Å²) >= 11 is 0. The molecule has 0 spiro atoms. The van der Waals surface area contributed by atoms with Crippen molar-refractivity contribution >= 4 is 18.0 Å². The SMILES string of the molecule is CCN(CC(C)C(=O)O)C(=O)/C=C/c1ccc(C(C)C)cc1. The van der Waals surface area contributed by atoms with Crippen LogP contribution in [0.3, 0.4) is 0 Å². The van der Waals surface area contributed by atoms with Crippen molar-refractivity contribution in [2.75, 3.05) is 13.1 Å². The lowest BCUT2D eigenvalue weighted by Crippen LogP contribution is -2.35. The second kappa shape index (κ2) is 8.37. The summed E-state index contributed by atoms with van der Waals surface area (Å²) in [5, 5.41) is 8.93. The van der Waals surface area contributed by atoms with Crippen LogP contribution in [-0.4, -0.2) is 35.0 Å². The Labute approximate surface area is 132 Å². The molecule has 1 aromatic rings. The topological polar surface area (TPSA) is 57.6 Å². The lowest BCUT2D eigenvalue weighted by molar-refractivity contribution is -0.142. The maximum Gasteiger partial charge on any atom is 0.308 e. The summed E-state index contributed by atoms with van der Waals surface area (Å²) in [6.07, 6.45) is 3.27. The Balaban J connectivity index is 2.70. The summed E-state index contributed by atoms with van der Waals surface area (Å²) in [4.78, 5) is 24.6. The number of carboxylic acids is 1. The van der Waals surface area contributed by atoms with Gasteiger partial charge in [0.05, 0.1) is 5.92 Å². The molecule has 4 nitrogen and oxygen atoms in total. The van der Waals surface area contributed by atoms with E-state index in [9.17, 15) is 9.59 Å². The molecule has 4 heteroatoms. The van der Waals surface area contributed by atoms with Crippen LogP contribution >= 0.6 is 0 Å². The van der Waals surface area contributed by atoms with Crippen LogP contribution in [0.5, 0.6) is 0 Å². The second-order valence-electron chi connectivity index (χ2n) is 5.77. The van der Waals surface area contributed by atoms with Crippen LogP contribution in [0.2, 0.25) is 0 Å². The first-order valence-corrected chi connectivity index (χ1v) is 7.64. The Morgan fingerprint density at radius 2 is 1.77 bits per heavy atom. The molecular weight excluding hydrogens is 278 g/mol. The molecule has 0 saturated carbocycles. The minimum Gasteiger partial charge on any atom is -0.481 e. The third-order valence-corrected chi connectivity index (χ3v) is 3.63. The number of aliphatic carboxylic acids is 1. The highest BCUT2D eigenvalue weighted by Crippen LogP contribution is 2.15. The number of carbonyl (C=O) groups is 2. The fourth-order valence-electron chi connectivity index (χ4n) is 2.05. The number of carboxylic acid groups (broad SMARTS) is 1. The van der Waals surface area contributed by atoms with Crippen molar-refractivity contribution < 1.29 is 14.7 Å². The quantitative estimate of drug-likeness (QED) is 0.785. The van der Waals surface area contributed by atoms with Crippen molar-refractivity contribution in [1.29, 1.82) is 0 Å². The summed E-state index contributed by atoms with van der Waals surface area (Å²) in [6, 6.07) is 8.07. The monoisotopic (exact) mass is 303 g/mol. The minimum absolute atomic E-state index is 0.163. The number of likely N-dealkylation sites (N-methyl/N-ethyl adjacent to an activating group) is 1. The normalized spacial score (nSPS) is 12.6. The number of nitrogens with zero attached hydrogens (tertiary/aromatic N) is 1. The van der Waals surface area contributed by atoms with Crippen molar-refractivity contribution in [1.82, 2.24) is 4.90 Å². The third kappa shape index (κ3) is 5.35. The van der Waals surface area contributed by atoms with Crippen LogP contribution in [0, 0.1) is 5.92 Å². The summed E-state index contributed by atoms with van der Waals surface area (Å²) in [6.45, 7) is 8.44. The fraction of sp³-hybridized carbons (Fsp3) is 0.444. The maximum absolute atomic E-state index is 12.1. The predicted octanol–water partition coefficient (Wildman–Crippen LogP) is 3.39. The summed E-state index contributed by atoms with van der Waals surface area (Å²) in [5.41, 5.74) is 2.22. The molecule has 0 bridgehead atoms. The lowest BCUT2D eigenvalue weighted by Gasteiger charge is -2.21. The van der Waals surface area contributed by atoms with E-state index >= 15 is 0 Å². The van der Waals surface area contributed by atoms with Gasteiger partial charge in [0.25, 0.3) is 0 Å². The number of benzene rings is 1. The molecule has 0 heterocycles. The molecule has 0 saturated heterocycles. The number of hydrogen-bond donors (Lipinski definition) is 1. The molecule has 0 radical (unpaired) electrons. The van der Waals surface area contributed by atoms with E-state index in [1.165, 1.54) is 16.5 Å². The van der Waals surface area contributed by atoms with E-state index in [0.29, 0.717) is 12.5 Å². The van der Waals surface area contributed by atoms with Crippen LogP contribution in [0.25, 0.3) is 6.08 Å². The van der Waals surface area contributed by atoms with E-state index in [0.717, 1.165) is 5.56 Å². The molecule has 0 aliphatic rings. The van der Waals surface area contributed by atoms with E-state index in [1.807, 2.05) is 19.1 Å². The molecule has 1 aromatic carbocycles. The van der Waals surface area contributed by atoms with Gasteiger partial charge in [0.2, 0.25) is 5.91 Å². The van der Waals surface area contributed by atoms with Crippen molar-refractivity contribution in [3.05, 3.63) is 41.5 Å². The molecular formula is C18H25NO3. The smallest absolute Gasteiger partial charge is 0.308 e. The summed E-state index contributed by atoms with van der Waals surface area (Å²) in [7, 11) is 0. The van der Waals surface area contributed by atoms with Gasteiger partial charge in [-0.2, -0.15) is 0 Å². The van der Waals surface area contributed by atoms with Crippen LogP contribution < -0.4 is 0 Å². The van der Waals surface area contributed by atoms with E-state index in [1.54, 1.807) is 13.0 Å². The van der Waals surface area contributed by atoms with Gasteiger partial charge in [-0.25, -0.2) is 0 Å². The van der Waals surface area contributed by atoms with Gasteiger partial charge in [-0.05, 0) is 30.0 Å². The number of carbonyl (C=O) groups excluding carboxylic acids is 1. The fourth-order valence-corrected chi connectivity index (χ4v) is 2.05. The van der Waals surface area contributed by atoms with Crippen LogP contribution in [0.1, 0.15) is 44.7 Å².